The topological polar surface area (TPSA) is 41.9 Å². The van der Waals surface area contributed by atoms with Crippen molar-refractivity contribution >= 4 is 0 Å². The summed E-state index contributed by atoms with van der Waals surface area (Å²) in [7, 11) is 0. The van der Waals surface area contributed by atoms with E-state index in [1.54, 1.807) is 0 Å². The van der Waals surface area contributed by atoms with Crippen LogP contribution in [0.1, 0.15) is 31.2 Å². The summed E-state index contributed by atoms with van der Waals surface area (Å²) in [6.07, 6.45) is 5.52. The Morgan fingerprint density at radius 3 is 3.10 bits per heavy atom. The molecular formula is C17H25NO3. The Hall–Kier alpha value is -1.10. The van der Waals surface area contributed by atoms with E-state index in [4.69, 9.17) is 14.6 Å². The molecule has 1 saturated heterocycles. The fourth-order valence-corrected chi connectivity index (χ4v) is 3.50. The summed E-state index contributed by atoms with van der Waals surface area (Å²) < 4.78 is 11.4. The third-order valence-electron chi connectivity index (χ3n) is 4.49. The van der Waals surface area contributed by atoms with Crippen LogP contribution in [0.3, 0.4) is 0 Å². The fraction of sp³-hybridized carbons (Fsp3) is 0.647. The summed E-state index contributed by atoms with van der Waals surface area (Å²) in [6.45, 7) is 3.23. The van der Waals surface area contributed by atoms with E-state index < -0.39 is 0 Å². The number of fused-ring (bicyclic) bond motifs is 1. The summed E-state index contributed by atoms with van der Waals surface area (Å²) in [6, 6.07) is 8.79. The van der Waals surface area contributed by atoms with Gasteiger partial charge in [-0.2, -0.15) is 0 Å². The number of benzene rings is 1. The molecule has 1 heterocycles. The lowest BCUT2D eigenvalue weighted by atomic mass is 9.90. The highest BCUT2D eigenvalue weighted by Crippen LogP contribution is 2.29. The van der Waals surface area contributed by atoms with Crippen LogP contribution in [0.15, 0.2) is 24.3 Å². The lowest BCUT2D eigenvalue weighted by molar-refractivity contribution is -0.0911. The Labute approximate surface area is 126 Å². The molecule has 1 saturated carbocycles. The zero-order valence-corrected chi connectivity index (χ0v) is 12.5. The van der Waals surface area contributed by atoms with Crippen molar-refractivity contribution in [3.63, 3.8) is 0 Å². The molecule has 1 N–H and O–H groups in total. The highest BCUT2D eigenvalue weighted by Gasteiger charge is 2.33. The molecule has 1 aliphatic heterocycles. The molecule has 2 aliphatic rings. The second-order valence-electron chi connectivity index (χ2n) is 5.95. The predicted molar refractivity (Wildman–Crippen MR) is 81.4 cm³/mol. The van der Waals surface area contributed by atoms with Crippen LogP contribution < -0.4 is 4.74 Å². The molecule has 0 unspecified atom stereocenters. The number of aliphatic hydroxyl groups excluding tert-OH is 1. The SMILES string of the molecule is OCCOc1cccc(CN2CCO[C@@H]3CCCC[C@H]32)c1. The van der Waals surface area contributed by atoms with E-state index >= 15 is 0 Å². The Balaban J connectivity index is 1.64. The number of hydrogen-bond donors (Lipinski definition) is 1. The van der Waals surface area contributed by atoms with Crippen LogP contribution in [-0.2, 0) is 11.3 Å². The van der Waals surface area contributed by atoms with Gasteiger partial charge in [-0.05, 0) is 30.5 Å². The summed E-state index contributed by atoms with van der Waals surface area (Å²) in [4.78, 5) is 2.57. The van der Waals surface area contributed by atoms with Gasteiger partial charge in [0.15, 0.2) is 0 Å². The number of ether oxygens (including phenoxy) is 2. The van der Waals surface area contributed by atoms with Crippen molar-refractivity contribution in [1.29, 1.82) is 0 Å². The Bertz CT molecular complexity index is 449. The lowest BCUT2D eigenvalue weighted by Gasteiger charge is -2.43. The maximum absolute atomic E-state index is 8.84. The van der Waals surface area contributed by atoms with E-state index in [0.29, 0.717) is 18.8 Å². The molecule has 4 heteroatoms. The third kappa shape index (κ3) is 3.76. The minimum absolute atomic E-state index is 0.0530. The van der Waals surface area contributed by atoms with Crippen LogP contribution in [0.25, 0.3) is 0 Å². The number of aliphatic hydroxyl groups is 1. The minimum Gasteiger partial charge on any atom is -0.491 e. The third-order valence-corrected chi connectivity index (χ3v) is 4.49. The zero-order valence-electron chi connectivity index (χ0n) is 12.5. The van der Waals surface area contributed by atoms with Gasteiger partial charge >= 0.3 is 0 Å². The quantitative estimate of drug-likeness (QED) is 0.903. The van der Waals surface area contributed by atoms with E-state index in [1.807, 2.05) is 12.1 Å². The van der Waals surface area contributed by atoms with Crippen LogP contribution in [0.4, 0.5) is 0 Å². The zero-order chi connectivity index (χ0) is 14.5. The molecule has 116 valence electrons. The van der Waals surface area contributed by atoms with Crippen LogP contribution >= 0.6 is 0 Å². The molecule has 1 aliphatic carbocycles. The maximum atomic E-state index is 8.84. The van der Waals surface area contributed by atoms with E-state index in [1.165, 1.54) is 31.2 Å². The van der Waals surface area contributed by atoms with Gasteiger partial charge in [-0.3, -0.25) is 4.90 Å². The lowest BCUT2D eigenvalue weighted by Crippen LogP contribution is -2.52. The van der Waals surface area contributed by atoms with Crippen molar-refractivity contribution in [1.82, 2.24) is 4.90 Å². The Kier molecular flexibility index (Phi) is 5.12. The summed E-state index contributed by atoms with van der Waals surface area (Å²) >= 11 is 0. The predicted octanol–water partition coefficient (Wildman–Crippen LogP) is 2.20. The molecule has 3 rings (SSSR count). The average Bonchev–Trinajstić information content (AvgIpc) is 2.54. The average molecular weight is 291 g/mol. The molecule has 0 amide bonds. The van der Waals surface area contributed by atoms with Gasteiger partial charge in [-0.1, -0.05) is 25.0 Å². The van der Waals surface area contributed by atoms with Crippen LogP contribution in [0.2, 0.25) is 0 Å². The molecular weight excluding hydrogens is 266 g/mol. The van der Waals surface area contributed by atoms with Gasteiger partial charge in [0.05, 0.1) is 19.3 Å². The van der Waals surface area contributed by atoms with Crippen molar-refractivity contribution in [2.75, 3.05) is 26.4 Å². The standard InChI is InChI=1S/C17H25NO3/c19-9-11-20-15-5-3-4-14(12-15)13-18-8-10-21-17-7-2-1-6-16(17)18/h3-5,12,16-17,19H,1-2,6-11,13H2/t16-,17-/m1/s1. The van der Waals surface area contributed by atoms with Crippen LogP contribution in [0, 0.1) is 0 Å². The number of nitrogens with zero attached hydrogens (tertiary/aromatic N) is 1. The van der Waals surface area contributed by atoms with Gasteiger partial charge in [0.25, 0.3) is 0 Å². The molecule has 0 spiro atoms. The molecule has 4 nitrogen and oxygen atoms in total. The normalized spacial score (nSPS) is 26.3. The van der Waals surface area contributed by atoms with Crippen LogP contribution in [-0.4, -0.2) is 48.5 Å². The van der Waals surface area contributed by atoms with E-state index in [-0.39, 0.29) is 6.61 Å². The highest BCUT2D eigenvalue weighted by atomic mass is 16.5. The summed E-state index contributed by atoms with van der Waals surface area (Å²) in [5.41, 5.74) is 1.27. The first-order valence-electron chi connectivity index (χ1n) is 8.05. The molecule has 1 aromatic carbocycles. The van der Waals surface area contributed by atoms with Gasteiger partial charge in [-0.25, -0.2) is 0 Å². The first-order valence-corrected chi connectivity index (χ1v) is 8.05. The van der Waals surface area contributed by atoms with Gasteiger partial charge in [0.1, 0.15) is 12.4 Å². The first kappa shape index (κ1) is 14.8. The summed E-state index contributed by atoms with van der Waals surface area (Å²) in [5, 5.41) is 8.84. The number of rotatable bonds is 5. The van der Waals surface area contributed by atoms with E-state index in [9.17, 15) is 0 Å². The molecule has 1 aromatic rings. The molecule has 0 bridgehead atoms. The van der Waals surface area contributed by atoms with Gasteiger partial charge in [0.2, 0.25) is 0 Å². The first-order chi connectivity index (χ1) is 10.4. The van der Waals surface area contributed by atoms with Gasteiger partial charge < -0.3 is 14.6 Å². The minimum atomic E-state index is 0.0530. The van der Waals surface area contributed by atoms with Crippen molar-refractivity contribution < 1.29 is 14.6 Å². The maximum Gasteiger partial charge on any atom is 0.119 e. The van der Waals surface area contributed by atoms with Gasteiger partial charge in [0, 0.05) is 19.1 Å². The second kappa shape index (κ2) is 7.25. The van der Waals surface area contributed by atoms with Crippen molar-refractivity contribution in [2.24, 2.45) is 0 Å². The molecule has 0 aromatic heterocycles. The number of hydrogen-bond acceptors (Lipinski definition) is 4. The fourth-order valence-electron chi connectivity index (χ4n) is 3.50. The van der Waals surface area contributed by atoms with Gasteiger partial charge in [-0.15, -0.1) is 0 Å². The molecule has 0 radical (unpaired) electrons. The molecule has 2 fully saturated rings. The monoisotopic (exact) mass is 291 g/mol. The van der Waals surface area contributed by atoms with Crippen molar-refractivity contribution in [2.45, 2.75) is 44.4 Å². The largest absolute Gasteiger partial charge is 0.491 e. The van der Waals surface area contributed by atoms with Crippen molar-refractivity contribution in [3.8, 4) is 5.75 Å². The molecule has 2 atom stereocenters. The smallest absolute Gasteiger partial charge is 0.119 e. The van der Waals surface area contributed by atoms with E-state index in [2.05, 4.69) is 17.0 Å². The second-order valence-corrected chi connectivity index (χ2v) is 5.95. The van der Waals surface area contributed by atoms with E-state index in [0.717, 1.165) is 25.4 Å². The van der Waals surface area contributed by atoms with Crippen molar-refractivity contribution in [3.05, 3.63) is 29.8 Å². The highest BCUT2D eigenvalue weighted by molar-refractivity contribution is 5.28. The number of morpholine rings is 1. The molecule has 21 heavy (non-hydrogen) atoms. The van der Waals surface area contributed by atoms with Crippen LogP contribution in [0.5, 0.6) is 5.75 Å². The Morgan fingerprint density at radius 1 is 1.29 bits per heavy atom. The Morgan fingerprint density at radius 2 is 2.19 bits per heavy atom. The summed E-state index contributed by atoms with van der Waals surface area (Å²) in [5.74, 6) is 0.843.